The second kappa shape index (κ2) is 7.26. The van der Waals surface area contributed by atoms with Gasteiger partial charge in [-0.05, 0) is 40.7 Å². The smallest absolute Gasteiger partial charge is 0.270 e. The average molecular weight is 419 g/mol. The summed E-state index contributed by atoms with van der Waals surface area (Å²) in [5.41, 5.74) is 5.60. The number of carbonyl (C=O) groups excluding carboxylic acids is 1. The number of non-ortho nitro benzene ring substituents is 1. The van der Waals surface area contributed by atoms with Crippen LogP contribution in [0.4, 0.5) is 5.69 Å². The van der Waals surface area contributed by atoms with Gasteiger partial charge in [0.15, 0.2) is 0 Å². The SMILES string of the molecule is O=C(NCC1CC2c3ccccc3C1c1ccccc12)c1ccc([N+](=O)[O-])cc1Cl. The molecule has 1 amide bonds. The molecule has 3 aromatic carbocycles. The number of fused-ring (bicyclic) bond motifs is 1. The molecule has 0 saturated heterocycles. The highest BCUT2D eigenvalue weighted by atomic mass is 35.5. The Balaban J connectivity index is 1.39. The number of hydrogen-bond acceptors (Lipinski definition) is 3. The summed E-state index contributed by atoms with van der Waals surface area (Å²) in [7, 11) is 0. The molecule has 1 N–H and O–H groups in total. The molecule has 3 aliphatic carbocycles. The Morgan fingerprint density at radius 3 is 2.17 bits per heavy atom. The number of carbonyl (C=O) groups is 1. The van der Waals surface area contributed by atoms with Crippen LogP contribution in [0.5, 0.6) is 0 Å². The largest absolute Gasteiger partial charge is 0.352 e. The van der Waals surface area contributed by atoms with Crippen LogP contribution in [0.1, 0.15) is 50.9 Å². The number of rotatable bonds is 4. The second-order valence-electron chi connectivity index (χ2n) is 7.92. The van der Waals surface area contributed by atoms with Gasteiger partial charge in [-0.1, -0.05) is 60.1 Å². The first-order valence-corrected chi connectivity index (χ1v) is 10.3. The number of nitro groups is 1. The summed E-state index contributed by atoms with van der Waals surface area (Å²) in [5, 5.41) is 14.0. The summed E-state index contributed by atoms with van der Waals surface area (Å²) >= 11 is 6.12. The highest BCUT2D eigenvalue weighted by Crippen LogP contribution is 2.55. The number of nitro benzene ring substituents is 1. The predicted molar refractivity (Wildman–Crippen MR) is 115 cm³/mol. The Morgan fingerprint density at radius 2 is 1.60 bits per heavy atom. The van der Waals surface area contributed by atoms with Crippen molar-refractivity contribution in [3.63, 3.8) is 0 Å². The van der Waals surface area contributed by atoms with Crippen LogP contribution < -0.4 is 5.32 Å². The number of amides is 1. The number of benzene rings is 3. The molecule has 6 heteroatoms. The van der Waals surface area contributed by atoms with Crippen molar-refractivity contribution in [3.8, 4) is 0 Å². The maximum atomic E-state index is 12.7. The molecule has 0 fully saturated rings. The van der Waals surface area contributed by atoms with E-state index in [0.29, 0.717) is 12.5 Å². The van der Waals surface area contributed by atoms with Crippen molar-refractivity contribution < 1.29 is 9.72 Å². The molecule has 6 rings (SSSR count). The van der Waals surface area contributed by atoms with Crippen LogP contribution in [0.15, 0.2) is 66.7 Å². The van der Waals surface area contributed by atoms with Gasteiger partial charge >= 0.3 is 0 Å². The maximum absolute atomic E-state index is 12.7. The molecule has 1 atom stereocenters. The lowest BCUT2D eigenvalue weighted by atomic mass is 9.59. The van der Waals surface area contributed by atoms with E-state index < -0.39 is 4.92 Å². The first kappa shape index (κ1) is 18.8. The molecule has 3 aliphatic rings. The Hall–Kier alpha value is -3.18. The van der Waals surface area contributed by atoms with Crippen LogP contribution in [0.3, 0.4) is 0 Å². The van der Waals surface area contributed by atoms with Crippen LogP contribution in [0.2, 0.25) is 5.02 Å². The average Bonchev–Trinajstić information content (AvgIpc) is 2.77. The summed E-state index contributed by atoms with van der Waals surface area (Å²) in [4.78, 5) is 23.1. The normalized spacial score (nSPS) is 20.9. The lowest BCUT2D eigenvalue weighted by Gasteiger charge is -2.45. The van der Waals surface area contributed by atoms with E-state index in [0.717, 1.165) is 6.42 Å². The second-order valence-corrected chi connectivity index (χ2v) is 8.32. The van der Waals surface area contributed by atoms with Crippen molar-refractivity contribution in [2.24, 2.45) is 5.92 Å². The van der Waals surface area contributed by atoms with Gasteiger partial charge < -0.3 is 5.32 Å². The zero-order valence-corrected chi connectivity index (χ0v) is 16.8. The van der Waals surface area contributed by atoms with Gasteiger partial charge in [-0.25, -0.2) is 0 Å². The first-order chi connectivity index (χ1) is 14.5. The van der Waals surface area contributed by atoms with E-state index in [-0.39, 0.29) is 34.0 Å². The molecular formula is C24H19ClN2O3. The maximum Gasteiger partial charge on any atom is 0.270 e. The van der Waals surface area contributed by atoms with E-state index in [9.17, 15) is 14.9 Å². The summed E-state index contributed by atoms with van der Waals surface area (Å²) < 4.78 is 0. The molecule has 0 saturated carbocycles. The van der Waals surface area contributed by atoms with Gasteiger partial charge in [0.2, 0.25) is 0 Å². The molecule has 1 unspecified atom stereocenters. The summed E-state index contributed by atoms with van der Waals surface area (Å²) in [6.45, 7) is 0.524. The fourth-order valence-electron chi connectivity index (χ4n) is 5.08. The van der Waals surface area contributed by atoms with Gasteiger partial charge in [0.05, 0.1) is 15.5 Å². The Labute approximate surface area is 178 Å². The van der Waals surface area contributed by atoms with Gasteiger partial charge in [-0.2, -0.15) is 0 Å². The predicted octanol–water partition coefficient (Wildman–Crippen LogP) is 5.28. The zero-order valence-electron chi connectivity index (χ0n) is 16.0. The van der Waals surface area contributed by atoms with Crippen molar-refractivity contribution in [1.82, 2.24) is 5.32 Å². The molecule has 3 aromatic rings. The molecule has 2 bridgehead atoms. The lowest BCUT2D eigenvalue weighted by Crippen LogP contribution is -2.39. The van der Waals surface area contributed by atoms with E-state index in [1.54, 1.807) is 0 Å². The van der Waals surface area contributed by atoms with E-state index >= 15 is 0 Å². The fraction of sp³-hybridized carbons (Fsp3) is 0.208. The van der Waals surface area contributed by atoms with Crippen LogP contribution in [0, 0.1) is 16.0 Å². The number of nitrogens with zero attached hydrogens (tertiary/aromatic N) is 1. The minimum atomic E-state index is -0.527. The standard InChI is InChI=1S/C24H19ClN2O3/c25-22-12-15(27(29)30)9-10-20(22)24(28)26-13-14-11-21-16-5-1-3-7-18(16)23(14)19-8-4-2-6-17(19)21/h1-10,12,14,21,23H,11,13H2,(H,26,28). The molecule has 0 spiro atoms. The topological polar surface area (TPSA) is 72.2 Å². The summed E-state index contributed by atoms with van der Waals surface area (Å²) in [5.74, 6) is 0.556. The highest BCUT2D eigenvalue weighted by molar-refractivity contribution is 6.34. The monoisotopic (exact) mass is 418 g/mol. The third-order valence-corrected chi connectivity index (χ3v) is 6.67. The molecule has 30 heavy (non-hydrogen) atoms. The summed E-state index contributed by atoms with van der Waals surface area (Å²) in [6.07, 6.45) is 0.979. The van der Waals surface area contributed by atoms with Crippen molar-refractivity contribution in [2.45, 2.75) is 18.3 Å². The van der Waals surface area contributed by atoms with Gasteiger partial charge in [0, 0.05) is 30.5 Å². The molecule has 0 aliphatic heterocycles. The molecule has 150 valence electrons. The van der Waals surface area contributed by atoms with E-state index in [1.807, 2.05) is 0 Å². The molecule has 5 nitrogen and oxygen atoms in total. The Morgan fingerprint density at radius 1 is 1.00 bits per heavy atom. The van der Waals surface area contributed by atoms with Gasteiger partial charge in [0.1, 0.15) is 0 Å². The van der Waals surface area contributed by atoms with E-state index in [1.165, 1.54) is 40.5 Å². The van der Waals surface area contributed by atoms with E-state index in [4.69, 9.17) is 11.6 Å². The van der Waals surface area contributed by atoms with Gasteiger partial charge in [-0.15, -0.1) is 0 Å². The number of hydrogen-bond donors (Lipinski definition) is 1. The van der Waals surface area contributed by atoms with Crippen molar-refractivity contribution in [3.05, 3.63) is 110 Å². The minimum absolute atomic E-state index is 0.0857. The third-order valence-electron chi connectivity index (χ3n) is 6.36. The van der Waals surface area contributed by atoms with Gasteiger partial charge in [-0.3, -0.25) is 14.9 Å². The summed E-state index contributed by atoms with van der Waals surface area (Å²) in [6, 6.07) is 21.1. The van der Waals surface area contributed by atoms with Crippen molar-refractivity contribution >= 4 is 23.2 Å². The van der Waals surface area contributed by atoms with Crippen LogP contribution in [-0.4, -0.2) is 17.4 Å². The van der Waals surface area contributed by atoms with Crippen LogP contribution >= 0.6 is 11.6 Å². The molecule has 0 radical (unpaired) electrons. The fourth-order valence-corrected chi connectivity index (χ4v) is 5.34. The highest BCUT2D eigenvalue weighted by Gasteiger charge is 2.42. The molecular weight excluding hydrogens is 400 g/mol. The Bertz CT molecular complexity index is 1130. The lowest BCUT2D eigenvalue weighted by molar-refractivity contribution is -0.384. The first-order valence-electron chi connectivity index (χ1n) is 9.94. The molecule has 0 aromatic heterocycles. The molecule has 0 heterocycles. The van der Waals surface area contributed by atoms with Crippen molar-refractivity contribution in [1.29, 1.82) is 0 Å². The third kappa shape index (κ3) is 2.97. The zero-order chi connectivity index (χ0) is 20.8. The van der Waals surface area contributed by atoms with E-state index in [2.05, 4.69) is 53.8 Å². The quantitative estimate of drug-likeness (QED) is 0.463. The number of nitrogens with one attached hydrogen (secondary N) is 1. The van der Waals surface area contributed by atoms with Gasteiger partial charge in [0.25, 0.3) is 11.6 Å². The van der Waals surface area contributed by atoms with Crippen LogP contribution in [0.25, 0.3) is 0 Å². The van der Waals surface area contributed by atoms with Crippen molar-refractivity contribution in [2.75, 3.05) is 6.54 Å². The minimum Gasteiger partial charge on any atom is -0.352 e. The van der Waals surface area contributed by atoms with Crippen LogP contribution in [-0.2, 0) is 0 Å². The number of halogens is 1. The Kier molecular flexibility index (Phi) is 4.55.